The second-order valence-electron chi connectivity index (χ2n) is 5.16. The van der Waals surface area contributed by atoms with Crippen LogP contribution in [0, 0.1) is 5.92 Å². The molecule has 0 bridgehead atoms. The molecule has 6 heteroatoms. The zero-order valence-electron chi connectivity index (χ0n) is 11.2. The number of rotatable bonds is 4. The number of likely N-dealkylation sites (tertiary alicyclic amines) is 1. The van der Waals surface area contributed by atoms with Crippen molar-refractivity contribution in [3.8, 4) is 0 Å². The van der Waals surface area contributed by atoms with Crippen LogP contribution in [0.3, 0.4) is 0 Å². The Morgan fingerprint density at radius 1 is 1.37 bits per heavy atom. The van der Waals surface area contributed by atoms with Crippen molar-refractivity contribution in [2.45, 2.75) is 11.3 Å². The van der Waals surface area contributed by atoms with Gasteiger partial charge in [0.05, 0.1) is 4.90 Å². The first-order chi connectivity index (χ1) is 8.89. The van der Waals surface area contributed by atoms with Crippen molar-refractivity contribution < 1.29 is 8.42 Å². The summed E-state index contributed by atoms with van der Waals surface area (Å²) in [5, 5.41) is 0. The van der Waals surface area contributed by atoms with E-state index in [1.807, 2.05) is 0 Å². The smallest absolute Gasteiger partial charge is 0.242 e. The third-order valence-electron chi connectivity index (χ3n) is 3.53. The minimum atomic E-state index is -3.37. The molecule has 0 amide bonds. The molecule has 1 unspecified atom stereocenters. The van der Waals surface area contributed by atoms with Crippen LogP contribution in [0.1, 0.15) is 6.42 Å². The average Bonchev–Trinajstić information content (AvgIpc) is 2.75. The molecule has 0 saturated carbocycles. The van der Waals surface area contributed by atoms with Gasteiger partial charge in [-0.3, -0.25) is 0 Å². The van der Waals surface area contributed by atoms with Crippen LogP contribution in [0.5, 0.6) is 0 Å². The minimum Gasteiger partial charge on any atom is -0.306 e. The second kappa shape index (κ2) is 5.91. The number of sulfonamides is 1. The van der Waals surface area contributed by atoms with Gasteiger partial charge in [0.15, 0.2) is 0 Å². The molecule has 0 aliphatic carbocycles. The Labute approximate surface area is 123 Å². The Morgan fingerprint density at radius 3 is 2.53 bits per heavy atom. The lowest BCUT2D eigenvalue weighted by Crippen LogP contribution is -2.32. The van der Waals surface area contributed by atoms with Gasteiger partial charge in [0.1, 0.15) is 0 Å². The monoisotopic (exact) mass is 346 g/mol. The highest BCUT2D eigenvalue weighted by molar-refractivity contribution is 9.10. The predicted molar refractivity (Wildman–Crippen MR) is 79.6 cm³/mol. The number of nitrogens with zero attached hydrogens (tertiary/aromatic N) is 2. The summed E-state index contributed by atoms with van der Waals surface area (Å²) in [6.07, 6.45) is 1.07. The van der Waals surface area contributed by atoms with Gasteiger partial charge in [-0.05, 0) is 50.2 Å². The van der Waals surface area contributed by atoms with E-state index in [1.54, 1.807) is 31.3 Å². The normalized spacial score (nSPS) is 21.2. The van der Waals surface area contributed by atoms with Crippen LogP contribution in [0.15, 0.2) is 33.6 Å². The van der Waals surface area contributed by atoms with Gasteiger partial charge >= 0.3 is 0 Å². The van der Waals surface area contributed by atoms with E-state index in [0.29, 0.717) is 17.4 Å². The van der Waals surface area contributed by atoms with E-state index in [9.17, 15) is 8.42 Å². The lowest BCUT2D eigenvalue weighted by Gasteiger charge is -2.21. The van der Waals surface area contributed by atoms with E-state index < -0.39 is 10.0 Å². The highest BCUT2D eigenvalue weighted by Gasteiger charge is 2.26. The fraction of sp³-hybridized carbons (Fsp3) is 0.538. The maximum absolute atomic E-state index is 12.4. The van der Waals surface area contributed by atoms with Gasteiger partial charge in [-0.2, -0.15) is 0 Å². The standard InChI is InChI=1S/C13H19BrN2O2S/c1-15-8-7-11(9-15)10-16(2)19(17,18)13-5-3-12(14)4-6-13/h3-6,11H,7-10H2,1-2H3. The fourth-order valence-electron chi connectivity index (χ4n) is 2.42. The van der Waals surface area contributed by atoms with E-state index >= 15 is 0 Å². The summed E-state index contributed by atoms with van der Waals surface area (Å²) in [4.78, 5) is 2.59. The molecule has 2 rings (SSSR count). The molecule has 1 fully saturated rings. The van der Waals surface area contributed by atoms with Crippen LogP contribution in [-0.2, 0) is 10.0 Å². The van der Waals surface area contributed by atoms with E-state index in [0.717, 1.165) is 24.0 Å². The van der Waals surface area contributed by atoms with E-state index in [-0.39, 0.29) is 0 Å². The topological polar surface area (TPSA) is 40.6 Å². The van der Waals surface area contributed by atoms with Crippen molar-refractivity contribution in [3.05, 3.63) is 28.7 Å². The molecular weight excluding hydrogens is 328 g/mol. The highest BCUT2D eigenvalue weighted by Crippen LogP contribution is 2.21. The molecule has 19 heavy (non-hydrogen) atoms. The van der Waals surface area contributed by atoms with Gasteiger partial charge in [0.25, 0.3) is 0 Å². The van der Waals surface area contributed by atoms with Gasteiger partial charge in [-0.1, -0.05) is 15.9 Å². The highest BCUT2D eigenvalue weighted by atomic mass is 79.9. The molecule has 1 saturated heterocycles. The SMILES string of the molecule is CN1CCC(CN(C)S(=O)(=O)c2ccc(Br)cc2)C1. The van der Waals surface area contributed by atoms with Crippen molar-refractivity contribution in [2.75, 3.05) is 33.7 Å². The van der Waals surface area contributed by atoms with Crippen molar-refractivity contribution in [3.63, 3.8) is 0 Å². The molecule has 4 nitrogen and oxygen atoms in total. The van der Waals surface area contributed by atoms with Crippen LogP contribution in [-0.4, -0.2) is 51.4 Å². The lowest BCUT2D eigenvalue weighted by molar-refractivity contribution is 0.357. The van der Waals surface area contributed by atoms with Gasteiger partial charge in [0.2, 0.25) is 10.0 Å². The van der Waals surface area contributed by atoms with Crippen molar-refractivity contribution >= 4 is 26.0 Å². The molecule has 1 aliphatic rings. The Hall–Kier alpha value is -0.430. The largest absolute Gasteiger partial charge is 0.306 e. The zero-order chi connectivity index (χ0) is 14.0. The van der Waals surface area contributed by atoms with E-state index in [1.165, 1.54) is 4.31 Å². The van der Waals surface area contributed by atoms with Crippen LogP contribution in [0.2, 0.25) is 0 Å². The first kappa shape index (κ1) is 15.0. The average molecular weight is 347 g/mol. The maximum Gasteiger partial charge on any atom is 0.242 e. The van der Waals surface area contributed by atoms with Crippen LogP contribution in [0.4, 0.5) is 0 Å². The minimum absolute atomic E-state index is 0.351. The van der Waals surface area contributed by atoms with Crippen LogP contribution in [0.25, 0.3) is 0 Å². The van der Waals surface area contributed by atoms with Gasteiger partial charge in [-0.25, -0.2) is 12.7 Å². The maximum atomic E-state index is 12.4. The van der Waals surface area contributed by atoms with Gasteiger partial charge in [0, 0.05) is 24.6 Å². The number of hydrogen-bond donors (Lipinski definition) is 0. The van der Waals surface area contributed by atoms with E-state index in [2.05, 4.69) is 27.9 Å². The molecule has 1 atom stereocenters. The Morgan fingerprint density at radius 2 is 2.00 bits per heavy atom. The molecule has 1 aromatic carbocycles. The summed E-state index contributed by atoms with van der Waals surface area (Å²) in [6, 6.07) is 6.78. The zero-order valence-corrected chi connectivity index (χ0v) is 13.6. The molecule has 106 valence electrons. The first-order valence-corrected chi connectivity index (χ1v) is 8.53. The van der Waals surface area contributed by atoms with Crippen molar-refractivity contribution in [1.29, 1.82) is 0 Å². The number of halogens is 1. The number of hydrogen-bond acceptors (Lipinski definition) is 3. The summed E-state index contributed by atoms with van der Waals surface area (Å²) in [5.74, 6) is 0.431. The van der Waals surface area contributed by atoms with Crippen LogP contribution < -0.4 is 0 Å². The summed E-state index contributed by atoms with van der Waals surface area (Å²) in [7, 11) is 0.368. The summed E-state index contributed by atoms with van der Waals surface area (Å²) in [5.41, 5.74) is 0. The second-order valence-corrected chi connectivity index (χ2v) is 8.12. The van der Waals surface area contributed by atoms with Gasteiger partial charge < -0.3 is 4.90 Å². The summed E-state index contributed by atoms with van der Waals surface area (Å²) in [6.45, 7) is 2.61. The first-order valence-electron chi connectivity index (χ1n) is 6.30. The predicted octanol–water partition coefficient (Wildman–Crippen LogP) is 2.02. The van der Waals surface area contributed by atoms with Crippen LogP contribution >= 0.6 is 15.9 Å². The Kier molecular flexibility index (Phi) is 4.66. The van der Waals surface area contributed by atoms with E-state index in [4.69, 9.17) is 0 Å². The summed E-state index contributed by atoms with van der Waals surface area (Å²) < 4.78 is 27.2. The molecule has 0 aromatic heterocycles. The molecular formula is C13H19BrN2O2S. The lowest BCUT2D eigenvalue weighted by atomic mass is 10.1. The quantitative estimate of drug-likeness (QED) is 0.837. The summed E-state index contributed by atoms with van der Waals surface area (Å²) >= 11 is 3.31. The van der Waals surface area contributed by atoms with Crippen molar-refractivity contribution in [2.24, 2.45) is 5.92 Å². The molecule has 1 heterocycles. The Bertz CT molecular complexity index is 530. The molecule has 1 aromatic rings. The van der Waals surface area contributed by atoms with Crippen molar-refractivity contribution in [1.82, 2.24) is 9.21 Å². The Balaban J connectivity index is 2.08. The third kappa shape index (κ3) is 3.56. The third-order valence-corrected chi connectivity index (χ3v) is 5.89. The fourth-order valence-corrected chi connectivity index (χ4v) is 3.93. The van der Waals surface area contributed by atoms with Gasteiger partial charge in [-0.15, -0.1) is 0 Å². The number of benzene rings is 1. The molecule has 0 spiro atoms. The molecule has 0 radical (unpaired) electrons. The molecule has 0 N–H and O–H groups in total. The molecule has 1 aliphatic heterocycles.